The summed E-state index contributed by atoms with van der Waals surface area (Å²) in [7, 11) is 0. The van der Waals surface area contributed by atoms with E-state index in [0.29, 0.717) is 28.4 Å². The van der Waals surface area contributed by atoms with E-state index in [4.69, 9.17) is 16.3 Å². The molecule has 8 heteroatoms. The summed E-state index contributed by atoms with van der Waals surface area (Å²) in [6.07, 6.45) is 0. The van der Waals surface area contributed by atoms with Crippen molar-refractivity contribution in [3.8, 4) is 40.2 Å². The summed E-state index contributed by atoms with van der Waals surface area (Å²) in [5.74, 6) is 6.54. The lowest BCUT2D eigenvalue weighted by Gasteiger charge is -2.31. The number of hydrogen-bond acceptors (Lipinski definition) is 4. The summed E-state index contributed by atoms with van der Waals surface area (Å²) in [5, 5.41) is 11.1. The van der Waals surface area contributed by atoms with Crippen LogP contribution in [0.4, 0.5) is 10.1 Å². The fourth-order valence-electron chi connectivity index (χ4n) is 3.86. The Bertz CT molecular complexity index is 1490. The van der Waals surface area contributed by atoms with Crippen LogP contribution in [0.5, 0.6) is 5.75 Å². The van der Waals surface area contributed by atoms with Crippen LogP contribution >= 0.6 is 11.6 Å². The predicted octanol–water partition coefficient (Wildman–Crippen LogP) is 6.47. The van der Waals surface area contributed by atoms with Gasteiger partial charge in [0, 0.05) is 28.8 Å². The molecule has 0 aliphatic carbocycles. The van der Waals surface area contributed by atoms with Crippen molar-refractivity contribution in [2.45, 2.75) is 19.4 Å². The molecule has 168 valence electrons. The summed E-state index contributed by atoms with van der Waals surface area (Å²) in [4.78, 5) is 18.2. The van der Waals surface area contributed by atoms with Crippen LogP contribution in [0.15, 0.2) is 60.7 Å². The Labute approximate surface area is 199 Å². The number of benzene rings is 3. The minimum absolute atomic E-state index is 0.0146. The highest BCUT2D eigenvalue weighted by molar-refractivity contribution is 6.33. The van der Waals surface area contributed by atoms with Gasteiger partial charge < -0.3 is 9.72 Å². The molecule has 4 aromatic rings. The minimum atomic E-state index is -0.754. The van der Waals surface area contributed by atoms with Gasteiger partial charge in [-0.15, -0.1) is 0 Å². The van der Waals surface area contributed by atoms with Gasteiger partial charge in [-0.3, -0.25) is 10.1 Å². The summed E-state index contributed by atoms with van der Waals surface area (Å²) >= 11 is 6.25. The van der Waals surface area contributed by atoms with Crippen molar-refractivity contribution in [3.05, 3.63) is 98.4 Å². The van der Waals surface area contributed by atoms with E-state index >= 15 is 0 Å². The molecule has 1 N–H and O–H groups in total. The van der Waals surface area contributed by atoms with Gasteiger partial charge in [-0.05, 0) is 56.3 Å². The average molecular weight is 474 g/mol. The van der Waals surface area contributed by atoms with Gasteiger partial charge in [-0.1, -0.05) is 29.5 Å². The number of rotatable bonds is 2. The van der Waals surface area contributed by atoms with Crippen molar-refractivity contribution in [2.24, 2.45) is 0 Å². The normalized spacial score (nSPS) is 13.2. The molecule has 3 aromatic carbocycles. The molecule has 0 bridgehead atoms. The molecule has 2 heterocycles. The fraction of sp³-hybridized carbons (Fsp3) is 0.115. The Morgan fingerprint density at radius 3 is 2.50 bits per heavy atom. The molecule has 1 aliphatic heterocycles. The monoisotopic (exact) mass is 473 g/mol. The molecule has 1 aliphatic rings. The van der Waals surface area contributed by atoms with Gasteiger partial charge in [0.25, 0.3) is 5.69 Å². The third kappa shape index (κ3) is 3.78. The van der Waals surface area contributed by atoms with E-state index in [1.54, 1.807) is 24.3 Å². The number of imidazole rings is 1. The van der Waals surface area contributed by atoms with Crippen LogP contribution in [-0.2, 0) is 5.60 Å². The quantitative estimate of drug-likeness (QED) is 0.205. The second-order valence-corrected chi connectivity index (χ2v) is 8.69. The van der Waals surface area contributed by atoms with E-state index < -0.39 is 16.3 Å². The van der Waals surface area contributed by atoms with Crippen LogP contribution in [0.1, 0.15) is 30.7 Å². The molecule has 0 atom stereocenters. The Hall–Kier alpha value is -4.15. The highest BCUT2D eigenvalue weighted by Gasteiger charge is 2.36. The second-order valence-electron chi connectivity index (χ2n) is 8.28. The molecule has 6 nitrogen and oxygen atoms in total. The number of hydrogen-bond donors (Lipinski definition) is 1. The van der Waals surface area contributed by atoms with Gasteiger partial charge in [0.15, 0.2) is 0 Å². The molecular formula is C26H17ClFN3O3. The van der Waals surface area contributed by atoms with E-state index in [0.717, 1.165) is 11.3 Å². The van der Waals surface area contributed by atoms with Gasteiger partial charge in [-0.25, -0.2) is 9.37 Å². The van der Waals surface area contributed by atoms with Gasteiger partial charge in [0.1, 0.15) is 23.0 Å². The van der Waals surface area contributed by atoms with Crippen molar-refractivity contribution in [1.29, 1.82) is 0 Å². The zero-order chi connectivity index (χ0) is 24.0. The van der Waals surface area contributed by atoms with Gasteiger partial charge >= 0.3 is 0 Å². The molecule has 0 radical (unpaired) electrons. The number of nitrogens with zero attached hydrogens (tertiary/aromatic N) is 2. The molecule has 34 heavy (non-hydrogen) atoms. The van der Waals surface area contributed by atoms with Gasteiger partial charge in [0.2, 0.25) is 0 Å². The maximum absolute atomic E-state index is 14.5. The Morgan fingerprint density at radius 1 is 1.09 bits per heavy atom. The molecule has 0 amide bonds. The number of aromatic amines is 1. The first-order valence-electron chi connectivity index (χ1n) is 10.4. The SMILES string of the molecule is CC1(C)Oc2cc(C#Cc3ccc([N+](=O)[O-])cc3)ccc2-c2nc(-c3c(F)cccc3Cl)[nH]c21. The van der Waals surface area contributed by atoms with E-state index in [1.165, 1.54) is 18.2 Å². The smallest absolute Gasteiger partial charge is 0.269 e. The number of non-ortho nitro benzene ring substituents is 1. The third-order valence-corrected chi connectivity index (χ3v) is 5.85. The topological polar surface area (TPSA) is 81.1 Å². The second kappa shape index (κ2) is 8.01. The molecular weight excluding hydrogens is 457 g/mol. The average Bonchev–Trinajstić information content (AvgIpc) is 3.24. The Balaban J connectivity index is 1.53. The largest absolute Gasteiger partial charge is 0.481 e. The number of halogens is 2. The fourth-order valence-corrected chi connectivity index (χ4v) is 4.12. The van der Waals surface area contributed by atoms with Crippen molar-refractivity contribution in [1.82, 2.24) is 9.97 Å². The number of ether oxygens (including phenoxy) is 1. The minimum Gasteiger partial charge on any atom is -0.481 e. The Morgan fingerprint density at radius 2 is 1.79 bits per heavy atom. The molecule has 0 saturated carbocycles. The number of H-pyrrole nitrogens is 1. The number of fused-ring (bicyclic) bond motifs is 3. The number of nitrogens with one attached hydrogen (secondary N) is 1. The van der Waals surface area contributed by atoms with E-state index in [9.17, 15) is 14.5 Å². The highest BCUT2D eigenvalue weighted by atomic mass is 35.5. The number of aromatic nitrogens is 2. The van der Waals surface area contributed by atoms with Crippen molar-refractivity contribution in [2.75, 3.05) is 0 Å². The van der Waals surface area contributed by atoms with Crippen molar-refractivity contribution < 1.29 is 14.1 Å². The molecule has 0 fully saturated rings. The first kappa shape index (κ1) is 21.7. The van der Waals surface area contributed by atoms with E-state index in [2.05, 4.69) is 21.8 Å². The van der Waals surface area contributed by atoms with Gasteiger partial charge in [0.05, 0.1) is 26.9 Å². The summed E-state index contributed by atoms with van der Waals surface area (Å²) in [5.41, 5.74) is 2.98. The lowest BCUT2D eigenvalue weighted by molar-refractivity contribution is -0.384. The maximum Gasteiger partial charge on any atom is 0.269 e. The summed E-state index contributed by atoms with van der Waals surface area (Å²) in [6, 6.07) is 16.1. The first-order valence-corrected chi connectivity index (χ1v) is 10.8. The highest BCUT2D eigenvalue weighted by Crippen LogP contribution is 2.45. The van der Waals surface area contributed by atoms with Gasteiger partial charge in [-0.2, -0.15) is 0 Å². The summed E-state index contributed by atoms with van der Waals surface area (Å²) < 4.78 is 20.8. The zero-order valence-corrected chi connectivity index (χ0v) is 18.9. The molecule has 0 unspecified atom stereocenters. The van der Waals surface area contributed by atoms with E-state index in [1.807, 2.05) is 32.0 Å². The Kier molecular flexibility index (Phi) is 5.11. The summed E-state index contributed by atoms with van der Waals surface area (Å²) in [6.45, 7) is 3.80. The zero-order valence-electron chi connectivity index (χ0n) is 18.1. The van der Waals surface area contributed by atoms with Crippen LogP contribution in [-0.4, -0.2) is 14.9 Å². The molecule has 5 rings (SSSR count). The van der Waals surface area contributed by atoms with Crippen molar-refractivity contribution in [3.63, 3.8) is 0 Å². The molecule has 1 aromatic heterocycles. The lowest BCUT2D eigenvalue weighted by atomic mass is 9.94. The molecule has 0 spiro atoms. The van der Waals surface area contributed by atoms with Crippen LogP contribution in [0, 0.1) is 27.8 Å². The van der Waals surface area contributed by atoms with E-state index in [-0.39, 0.29) is 16.3 Å². The molecule has 0 saturated heterocycles. The van der Waals surface area contributed by atoms with Crippen LogP contribution in [0.25, 0.3) is 22.6 Å². The van der Waals surface area contributed by atoms with Crippen LogP contribution in [0.3, 0.4) is 0 Å². The predicted molar refractivity (Wildman–Crippen MR) is 127 cm³/mol. The first-order chi connectivity index (χ1) is 16.2. The van der Waals surface area contributed by atoms with Crippen LogP contribution < -0.4 is 4.74 Å². The van der Waals surface area contributed by atoms with Crippen molar-refractivity contribution >= 4 is 17.3 Å². The number of nitro groups is 1. The maximum atomic E-state index is 14.5. The third-order valence-electron chi connectivity index (χ3n) is 5.54. The van der Waals surface area contributed by atoms with Crippen LogP contribution in [0.2, 0.25) is 5.02 Å². The standard InChI is InChI=1S/C26H17ClFN3O3/c1-26(2)24-23(29-25(30-24)22-19(27)4-3-5-20(22)28)18-13-10-16(14-21(18)34-26)7-6-15-8-11-17(12-9-15)31(32)33/h3-5,8-14H,1-2H3,(H,29,30). The number of nitro benzene ring substituents is 1. The lowest BCUT2D eigenvalue weighted by Crippen LogP contribution is -2.29.